The Labute approximate surface area is 124 Å². The normalized spacial score (nSPS) is 22.6. The van der Waals surface area contributed by atoms with Crippen LogP contribution in [0.4, 0.5) is 4.79 Å². The number of thiazole rings is 1. The van der Waals surface area contributed by atoms with E-state index in [0.717, 1.165) is 35.6 Å². The highest BCUT2D eigenvalue weighted by atomic mass is 32.1. The summed E-state index contributed by atoms with van der Waals surface area (Å²) in [5, 5.41) is 13.8. The van der Waals surface area contributed by atoms with Gasteiger partial charge in [0.2, 0.25) is 0 Å². The summed E-state index contributed by atoms with van der Waals surface area (Å²) >= 11 is 1.59. The van der Waals surface area contributed by atoms with Gasteiger partial charge >= 0.3 is 6.03 Å². The van der Waals surface area contributed by atoms with Crippen LogP contribution in [0.3, 0.4) is 0 Å². The Morgan fingerprint density at radius 3 is 2.95 bits per heavy atom. The smallest absolute Gasteiger partial charge is 0.317 e. The van der Waals surface area contributed by atoms with Crippen LogP contribution < -0.4 is 5.32 Å². The van der Waals surface area contributed by atoms with E-state index in [0.29, 0.717) is 13.1 Å². The first-order chi connectivity index (χ1) is 9.56. The van der Waals surface area contributed by atoms with Gasteiger partial charge in [-0.25, -0.2) is 9.78 Å². The van der Waals surface area contributed by atoms with Crippen LogP contribution in [-0.4, -0.2) is 40.7 Å². The fraction of sp³-hybridized carbons (Fsp3) is 0.714. The zero-order valence-corrected chi connectivity index (χ0v) is 12.9. The summed E-state index contributed by atoms with van der Waals surface area (Å²) in [7, 11) is 1.79. The van der Waals surface area contributed by atoms with Gasteiger partial charge < -0.3 is 15.3 Å². The second-order valence-corrected chi connectivity index (χ2v) is 6.82. The molecule has 1 aromatic heterocycles. The van der Waals surface area contributed by atoms with Gasteiger partial charge in [-0.15, -0.1) is 11.3 Å². The van der Waals surface area contributed by atoms with E-state index in [4.69, 9.17) is 0 Å². The maximum absolute atomic E-state index is 12.0. The quantitative estimate of drug-likeness (QED) is 0.895. The van der Waals surface area contributed by atoms with Gasteiger partial charge in [-0.2, -0.15) is 0 Å². The first-order valence-corrected chi connectivity index (χ1v) is 7.96. The Bertz CT molecular complexity index is 449. The highest BCUT2D eigenvalue weighted by Gasteiger charge is 2.25. The first-order valence-electron chi connectivity index (χ1n) is 7.14. The number of urea groups is 1. The van der Waals surface area contributed by atoms with Crippen molar-refractivity contribution in [3.63, 3.8) is 0 Å². The monoisotopic (exact) mass is 297 g/mol. The van der Waals surface area contributed by atoms with Crippen molar-refractivity contribution in [1.82, 2.24) is 15.2 Å². The van der Waals surface area contributed by atoms with Crippen LogP contribution in [0, 0.1) is 12.8 Å². The molecule has 1 aliphatic carbocycles. The summed E-state index contributed by atoms with van der Waals surface area (Å²) in [6.45, 7) is 3.09. The van der Waals surface area contributed by atoms with Crippen molar-refractivity contribution in [2.24, 2.45) is 5.92 Å². The molecule has 1 saturated carbocycles. The number of hydrogen-bond acceptors (Lipinski definition) is 4. The topological polar surface area (TPSA) is 65.5 Å². The molecule has 0 spiro atoms. The molecule has 20 heavy (non-hydrogen) atoms. The lowest BCUT2D eigenvalue weighted by atomic mass is 9.86. The van der Waals surface area contributed by atoms with Gasteiger partial charge in [0.15, 0.2) is 0 Å². The fourth-order valence-electron chi connectivity index (χ4n) is 2.62. The molecule has 0 saturated heterocycles. The maximum atomic E-state index is 12.0. The van der Waals surface area contributed by atoms with E-state index in [2.05, 4.69) is 10.3 Å². The summed E-state index contributed by atoms with van der Waals surface area (Å²) < 4.78 is 0. The van der Waals surface area contributed by atoms with Crippen molar-refractivity contribution in [3.8, 4) is 0 Å². The van der Waals surface area contributed by atoms with Gasteiger partial charge in [0, 0.05) is 30.6 Å². The summed E-state index contributed by atoms with van der Waals surface area (Å²) in [6, 6.07) is -0.0890. The van der Waals surface area contributed by atoms with Crippen molar-refractivity contribution in [1.29, 1.82) is 0 Å². The summed E-state index contributed by atoms with van der Waals surface area (Å²) in [5.41, 5.74) is 0. The molecule has 2 N–H and O–H groups in total. The maximum Gasteiger partial charge on any atom is 0.317 e. The average molecular weight is 297 g/mol. The molecule has 0 aliphatic heterocycles. The molecule has 2 unspecified atom stereocenters. The lowest BCUT2D eigenvalue weighted by Gasteiger charge is -2.31. The molecule has 0 radical (unpaired) electrons. The third kappa shape index (κ3) is 4.18. The summed E-state index contributed by atoms with van der Waals surface area (Å²) in [4.78, 5) is 18.9. The van der Waals surface area contributed by atoms with Gasteiger partial charge in [-0.1, -0.05) is 12.8 Å². The van der Waals surface area contributed by atoms with Gasteiger partial charge in [0.1, 0.15) is 0 Å². The van der Waals surface area contributed by atoms with Crippen molar-refractivity contribution in [2.45, 2.75) is 45.3 Å². The molecule has 0 bridgehead atoms. The number of amides is 2. The predicted octanol–water partition coefficient (Wildman–Crippen LogP) is 2.14. The number of nitrogens with one attached hydrogen (secondary N) is 1. The lowest BCUT2D eigenvalue weighted by Crippen LogP contribution is -2.42. The van der Waals surface area contributed by atoms with Crippen molar-refractivity contribution >= 4 is 17.4 Å². The minimum Gasteiger partial charge on any atom is -0.393 e. The summed E-state index contributed by atoms with van der Waals surface area (Å²) in [5.74, 6) is 0.213. The number of carbonyl (C=O) groups is 1. The molecule has 2 amide bonds. The molecule has 1 aromatic rings. The van der Waals surface area contributed by atoms with Gasteiger partial charge in [-0.3, -0.25) is 0 Å². The molecular formula is C14H23N3O2S. The SMILES string of the molecule is Cc1ncc(CNC(=O)N(C)CC2CCCCC2O)s1. The van der Waals surface area contributed by atoms with Crippen molar-refractivity contribution < 1.29 is 9.90 Å². The van der Waals surface area contributed by atoms with Crippen LogP contribution >= 0.6 is 11.3 Å². The molecule has 6 heteroatoms. The number of nitrogens with zero attached hydrogens (tertiary/aromatic N) is 2. The predicted molar refractivity (Wildman–Crippen MR) is 79.7 cm³/mol. The number of aryl methyl sites for hydroxylation is 1. The fourth-order valence-corrected chi connectivity index (χ4v) is 3.36. The van der Waals surface area contributed by atoms with Crippen molar-refractivity contribution in [2.75, 3.05) is 13.6 Å². The first kappa shape index (κ1) is 15.3. The van der Waals surface area contributed by atoms with E-state index in [1.165, 1.54) is 0 Å². The molecule has 1 heterocycles. The van der Waals surface area contributed by atoms with E-state index in [1.807, 2.05) is 6.92 Å². The molecule has 112 valence electrons. The minimum absolute atomic E-state index is 0.0890. The van der Waals surface area contributed by atoms with E-state index in [1.54, 1.807) is 29.5 Å². The number of carbonyl (C=O) groups excluding carboxylic acids is 1. The van der Waals surface area contributed by atoms with Crippen LogP contribution in [-0.2, 0) is 6.54 Å². The highest BCUT2D eigenvalue weighted by molar-refractivity contribution is 7.11. The van der Waals surface area contributed by atoms with Crippen LogP contribution in [0.5, 0.6) is 0 Å². The number of hydrogen-bond donors (Lipinski definition) is 2. The molecule has 5 nitrogen and oxygen atoms in total. The van der Waals surface area contributed by atoms with E-state index in [-0.39, 0.29) is 18.1 Å². The second-order valence-electron chi connectivity index (χ2n) is 5.50. The zero-order valence-electron chi connectivity index (χ0n) is 12.1. The Kier molecular flexibility index (Phi) is 5.37. The Morgan fingerprint density at radius 2 is 2.30 bits per heavy atom. The molecule has 2 atom stereocenters. The largest absolute Gasteiger partial charge is 0.393 e. The lowest BCUT2D eigenvalue weighted by molar-refractivity contribution is 0.0565. The van der Waals surface area contributed by atoms with Crippen LogP contribution in [0.25, 0.3) is 0 Å². The highest BCUT2D eigenvalue weighted by Crippen LogP contribution is 2.24. The standard InChI is InChI=1S/C14H23N3O2S/c1-10-15-7-12(20-10)8-16-14(19)17(2)9-11-5-3-4-6-13(11)18/h7,11,13,18H,3-6,8-9H2,1-2H3,(H,16,19). The second kappa shape index (κ2) is 7.04. The zero-order chi connectivity index (χ0) is 14.5. The van der Waals surface area contributed by atoms with E-state index < -0.39 is 0 Å². The summed E-state index contributed by atoms with van der Waals surface area (Å²) in [6.07, 6.45) is 5.65. The number of aromatic nitrogens is 1. The third-order valence-electron chi connectivity index (χ3n) is 3.81. The molecular weight excluding hydrogens is 274 g/mol. The molecule has 1 aliphatic rings. The molecule has 1 fully saturated rings. The van der Waals surface area contributed by atoms with Crippen LogP contribution in [0.15, 0.2) is 6.20 Å². The molecule has 0 aromatic carbocycles. The molecule has 2 rings (SSSR count). The van der Waals surface area contributed by atoms with Crippen LogP contribution in [0.2, 0.25) is 0 Å². The van der Waals surface area contributed by atoms with E-state index in [9.17, 15) is 9.90 Å². The van der Waals surface area contributed by atoms with Crippen molar-refractivity contribution in [3.05, 3.63) is 16.1 Å². The number of aliphatic hydroxyl groups excluding tert-OH is 1. The van der Waals surface area contributed by atoms with Gasteiger partial charge in [0.05, 0.1) is 17.7 Å². The number of aliphatic hydroxyl groups is 1. The van der Waals surface area contributed by atoms with Gasteiger partial charge in [0.25, 0.3) is 0 Å². The Balaban J connectivity index is 1.76. The van der Waals surface area contributed by atoms with Gasteiger partial charge in [-0.05, 0) is 19.8 Å². The Morgan fingerprint density at radius 1 is 1.55 bits per heavy atom. The van der Waals surface area contributed by atoms with E-state index >= 15 is 0 Å². The minimum atomic E-state index is -0.261. The third-order valence-corrected chi connectivity index (χ3v) is 4.72. The average Bonchev–Trinajstić information content (AvgIpc) is 2.84. The van der Waals surface area contributed by atoms with Crippen LogP contribution in [0.1, 0.15) is 35.6 Å². The Hall–Kier alpha value is -1.14. The number of rotatable bonds is 4.